The molecule has 0 aliphatic rings. The van der Waals surface area contributed by atoms with Gasteiger partial charge in [-0.1, -0.05) is 6.07 Å². The zero-order valence-corrected chi connectivity index (χ0v) is 11.5. The van der Waals surface area contributed by atoms with Crippen molar-refractivity contribution >= 4 is 26.7 Å². The molecule has 0 fully saturated rings. The van der Waals surface area contributed by atoms with Gasteiger partial charge in [-0.15, -0.1) is 0 Å². The molecule has 0 saturated carbocycles. The molecule has 6 nitrogen and oxygen atoms in total. The second-order valence-corrected chi connectivity index (χ2v) is 6.01. The van der Waals surface area contributed by atoms with E-state index >= 15 is 0 Å². The van der Waals surface area contributed by atoms with Gasteiger partial charge in [0.15, 0.2) is 0 Å². The molecule has 2 heterocycles. The minimum Gasteiger partial charge on any atom is -0.264 e. The molecular formula is C13H12N4O2S. The molecule has 0 atom stereocenters. The van der Waals surface area contributed by atoms with Crippen molar-refractivity contribution < 1.29 is 8.42 Å². The predicted molar refractivity (Wildman–Crippen MR) is 75.9 cm³/mol. The zero-order valence-electron chi connectivity index (χ0n) is 10.7. The summed E-state index contributed by atoms with van der Waals surface area (Å²) in [6.45, 7) is 1.90. The Hall–Kier alpha value is -2.41. The number of hydrogen-bond donors (Lipinski definition) is 2. The van der Waals surface area contributed by atoms with Crippen LogP contribution < -0.4 is 4.72 Å². The highest BCUT2D eigenvalue weighted by Gasteiger charge is 2.19. The third kappa shape index (κ3) is 2.12. The van der Waals surface area contributed by atoms with E-state index in [0.717, 1.165) is 5.56 Å². The quantitative estimate of drug-likeness (QED) is 0.772. The van der Waals surface area contributed by atoms with Crippen molar-refractivity contribution in [1.29, 1.82) is 0 Å². The number of aromatic amines is 1. The minimum absolute atomic E-state index is 0.195. The number of anilines is 1. The number of aromatic nitrogens is 3. The number of nitrogens with zero attached hydrogens (tertiary/aromatic N) is 2. The average Bonchev–Trinajstić information content (AvgIpc) is 2.91. The zero-order chi connectivity index (χ0) is 14.2. The normalized spacial score (nSPS) is 11.7. The first-order valence-corrected chi connectivity index (χ1v) is 7.43. The molecule has 0 radical (unpaired) electrons. The van der Waals surface area contributed by atoms with Crippen molar-refractivity contribution in [1.82, 2.24) is 15.2 Å². The van der Waals surface area contributed by atoms with E-state index < -0.39 is 10.0 Å². The first-order valence-electron chi connectivity index (χ1n) is 5.94. The predicted octanol–water partition coefficient (Wildman–Crippen LogP) is 2.07. The maximum atomic E-state index is 12.4. The number of fused-ring (bicyclic) bond motifs is 1. The number of H-pyrrole nitrogens is 1. The van der Waals surface area contributed by atoms with Crippen LogP contribution in [0.3, 0.4) is 0 Å². The van der Waals surface area contributed by atoms with Crippen LogP contribution in [0.2, 0.25) is 0 Å². The molecular weight excluding hydrogens is 276 g/mol. The van der Waals surface area contributed by atoms with Crippen LogP contribution in [0, 0.1) is 6.92 Å². The SMILES string of the molecule is Cc1ccc(S(=O)(=O)Nc2ccn[nH]2)c2cccnc12. The van der Waals surface area contributed by atoms with Gasteiger partial charge in [0.25, 0.3) is 10.0 Å². The first-order chi connectivity index (χ1) is 9.58. The molecule has 2 N–H and O–H groups in total. The molecule has 0 saturated heterocycles. The smallest absolute Gasteiger partial charge is 0.263 e. The highest BCUT2D eigenvalue weighted by Crippen LogP contribution is 2.25. The van der Waals surface area contributed by atoms with Crippen LogP contribution in [0.15, 0.2) is 47.6 Å². The summed E-state index contributed by atoms with van der Waals surface area (Å²) in [6.07, 6.45) is 3.13. The number of pyridine rings is 1. The van der Waals surface area contributed by atoms with E-state index in [1.165, 1.54) is 6.20 Å². The highest BCUT2D eigenvalue weighted by atomic mass is 32.2. The van der Waals surface area contributed by atoms with Crippen LogP contribution in [-0.4, -0.2) is 23.6 Å². The molecule has 3 aromatic rings. The minimum atomic E-state index is -3.69. The van der Waals surface area contributed by atoms with Crippen LogP contribution >= 0.6 is 0 Å². The fraction of sp³-hybridized carbons (Fsp3) is 0.0769. The van der Waals surface area contributed by atoms with Gasteiger partial charge in [-0.2, -0.15) is 5.10 Å². The van der Waals surface area contributed by atoms with Crippen LogP contribution in [0.1, 0.15) is 5.56 Å². The molecule has 0 bridgehead atoms. The van der Waals surface area contributed by atoms with Gasteiger partial charge in [0, 0.05) is 17.6 Å². The second kappa shape index (κ2) is 4.61. The van der Waals surface area contributed by atoms with Gasteiger partial charge < -0.3 is 0 Å². The Kier molecular flexibility index (Phi) is 2.90. The van der Waals surface area contributed by atoms with E-state index in [2.05, 4.69) is 19.9 Å². The van der Waals surface area contributed by atoms with Crippen LogP contribution in [-0.2, 0) is 10.0 Å². The first kappa shape index (κ1) is 12.6. The fourth-order valence-electron chi connectivity index (χ4n) is 2.03. The van der Waals surface area contributed by atoms with E-state index in [1.807, 2.05) is 6.92 Å². The van der Waals surface area contributed by atoms with Crippen molar-refractivity contribution in [2.24, 2.45) is 0 Å². The number of rotatable bonds is 3. The third-order valence-corrected chi connectivity index (χ3v) is 4.39. The van der Waals surface area contributed by atoms with Gasteiger partial charge in [-0.05, 0) is 30.7 Å². The van der Waals surface area contributed by atoms with Crippen LogP contribution in [0.5, 0.6) is 0 Å². The molecule has 0 spiro atoms. The maximum absolute atomic E-state index is 12.4. The third-order valence-electron chi connectivity index (χ3n) is 2.97. The summed E-state index contributed by atoms with van der Waals surface area (Å²) >= 11 is 0. The summed E-state index contributed by atoms with van der Waals surface area (Å²) in [7, 11) is -3.69. The van der Waals surface area contributed by atoms with Gasteiger partial charge in [0.1, 0.15) is 5.82 Å². The molecule has 3 rings (SSSR count). The van der Waals surface area contributed by atoms with E-state index in [9.17, 15) is 8.42 Å². The molecule has 102 valence electrons. The van der Waals surface area contributed by atoms with Crippen molar-refractivity contribution in [3.05, 3.63) is 48.3 Å². The van der Waals surface area contributed by atoms with Gasteiger partial charge in [0.2, 0.25) is 0 Å². The summed E-state index contributed by atoms with van der Waals surface area (Å²) in [4.78, 5) is 4.43. The second-order valence-electron chi connectivity index (χ2n) is 4.36. The lowest BCUT2D eigenvalue weighted by Crippen LogP contribution is -2.14. The summed E-state index contributed by atoms with van der Waals surface area (Å²) < 4.78 is 27.3. The Bertz CT molecular complexity index is 857. The van der Waals surface area contributed by atoms with E-state index in [4.69, 9.17) is 0 Å². The summed E-state index contributed by atoms with van der Waals surface area (Å²) in [6, 6.07) is 8.34. The van der Waals surface area contributed by atoms with Crippen molar-refractivity contribution in [3.63, 3.8) is 0 Å². The largest absolute Gasteiger partial charge is 0.264 e. The number of sulfonamides is 1. The van der Waals surface area contributed by atoms with Crippen LogP contribution in [0.4, 0.5) is 5.82 Å². The Labute approximate surface area is 115 Å². The Morgan fingerprint density at radius 2 is 2.00 bits per heavy atom. The number of aryl methyl sites for hydroxylation is 1. The Morgan fingerprint density at radius 3 is 2.75 bits per heavy atom. The molecule has 20 heavy (non-hydrogen) atoms. The molecule has 0 amide bonds. The summed E-state index contributed by atoms with van der Waals surface area (Å²) in [5.74, 6) is 0.322. The highest BCUT2D eigenvalue weighted by molar-refractivity contribution is 7.93. The molecule has 2 aromatic heterocycles. The summed E-state index contributed by atoms with van der Waals surface area (Å²) in [5, 5.41) is 6.88. The van der Waals surface area contributed by atoms with Crippen molar-refractivity contribution in [2.45, 2.75) is 11.8 Å². The number of hydrogen-bond acceptors (Lipinski definition) is 4. The van der Waals surface area contributed by atoms with E-state index in [-0.39, 0.29) is 4.90 Å². The lowest BCUT2D eigenvalue weighted by molar-refractivity contribution is 0.602. The van der Waals surface area contributed by atoms with Gasteiger partial charge >= 0.3 is 0 Å². The Balaban J connectivity index is 2.17. The molecule has 0 aliphatic heterocycles. The summed E-state index contributed by atoms with van der Waals surface area (Å²) in [5.41, 5.74) is 1.61. The van der Waals surface area contributed by atoms with Gasteiger partial charge in [0.05, 0.1) is 16.6 Å². The molecule has 0 aliphatic carbocycles. The van der Waals surface area contributed by atoms with Crippen LogP contribution in [0.25, 0.3) is 10.9 Å². The monoisotopic (exact) mass is 288 g/mol. The number of benzene rings is 1. The average molecular weight is 288 g/mol. The lowest BCUT2D eigenvalue weighted by Gasteiger charge is -2.10. The van der Waals surface area contributed by atoms with Gasteiger partial charge in [-0.3, -0.25) is 14.8 Å². The van der Waals surface area contributed by atoms with E-state index in [1.54, 1.807) is 36.5 Å². The van der Waals surface area contributed by atoms with E-state index in [0.29, 0.717) is 16.7 Å². The number of nitrogens with one attached hydrogen (secondary N) is 2. The molecule has 0 unspecified atom stereocenters. The van der Waals surface area contributed by atoms with Crippen molar-refractivity contribution in [2.75, 3.05) is 4.72 Å². The Morgan fingerprint density at radius 1 is 1.15 bits per heavy atom. The lowest BCUT2D eigenvalue weighted by atomic mass is 10.1. The van der Waals surface area contributed by atoms with Crippen molar-refractivity contribution in [3.8, 4) is 0 Å². The topological polar surface area (TPSA) is 87.7 Å². The standard InChI is InChI=1S/C13H12N4O2S/c1-9-4-5-11(10-3-2-7-14-13(9)10)20(18,19)17-12-6-8-15-16-12/h2-8H,1H3,(H2,15,16,17). The molecule has 7 heteroatoms. The maximum Gasteiger partial charge on any atom is 0.263 e. The molecule has 1 aromatic carbocycles. The van der Waals surface area contributed by atoms with Gasteiger partial charge in [-0.25, -0.2) is 8.42 Å². The fourth-order valence-corrected chi connectivity index (χ4v) is 3.25.